The van der Waals surface area contributed by atoms with Crippen molar-refractivity contribution < 1.29 is 0 Å². The van der Waals surface area contributed by atoms with E-state index in [4.69, 9.17) is 0 Å². The lowest BCUT2D eigenvalue weighted by Gasteiger charge is -2.21. The van der Waals surface area contributed by atoms with Crippen LogP contribution in [-0.2, 0) is 6.42 Å². The van der Waals surface area contributed by atoms with Crippen LogP contribution in [0.25, 0.3) is 0 Å². The third-order valence-electron chi connectivity index (χ3n) is 4.23. The van der Waals surface area contributed by atoms with E-state index in [1.54, 1.807) is 0 Å². The Morgan fingerprint density at radius 1 is 1.24 bits per heavy atom. The van der Waals surface area contributed by atoms with Gasteiger partial charge in [-0.1, -0.05) is 49.9 Å². The molecule has 0 spiro atoms. The number of benzene rings is 1. The van der Waals surface area contributed by atoms with E-state index in [1.165, 1.54) is 49.7 Å². The van der Waals surface area contributed by atoms with Crippen LogP contribution >= 0.6 is 0 Å². The van der Waals surface area contributed by atoms with Crippen LogP contribution in [0.1, 0.15) is 43.2 Å². The number of likely N-dealkylation sites (N-methyl/N-ethyl adjacent to an activating group) is 1. The van der Waals surface area contributed by atoms with Gasteiger partial charge >= 0.3 is 0 Å². The fraction of sp³-hybridized carbons (Fsp3) is 0.625. The van der Waals surface area contributed by atoms with E-state index in [0.29, 0.717) is 6.04 Å². The summed E-state index contributed by atoms with van der Waals surface area (Å²) in [5.41, 5.74) is 2.93. The first-order valence-corrected chi connectivity index (χ1v) is 7.01. The highest BCUT2D eigenvalue weighted by molar-refractivity contribution is 5.26. The van der Waals surface area contributed by atoms with Gasteiger partial charge in [0.05, 0.1) is 0 Å². The molecule has 1 atom stereocenters. The standard InChI is InChI=1S/C16H25N/c1-13-7-3-6-10-15(13)12-16(17-2)11-14-8-4-5-9-14/h3,6-7,10,14,16-17H,4-5,8-9,11-12H2,1-2H3. The van der Waals surface area contributed by atoms with Gasteiger partial charge in [0, 0.05) is 6.04 Å². The van der Waals surface area contributed by atoms with E-state index >= 15 is 0 Å². The van der Waals surface area contributed by atoms with E-state index in [1.807, 2.05) is 0 Å². The number of nitrogens with one attached hydrogen (secondary N) is 1. The Morgan fingerprint density at radius 2 is 1.94 bits per heavy atom. The SMILES string of the molecule is CNC(Cc1ccccc1C)CC1CCCC1. The van der Waals surface area contributed by atoms with E-state index in [0.717, 1.165) is 5.92 Å². The van der Waals surface area contributed by atoms with Crippen molar-refractivity contribution in [3.8, 4) is 0 Å². The molecule has 0 aliphatic heterocycles. The average Bonchev–Trinajstić information content (AvgIpc) is 2.84. The summed E-state index contributed by atoms with van der Waals surface area (Å²) < 4.78 is 0. The van der Waals surface area contributed by atoms with Crippen molar-refractivity contribution in [3.05, 3.63) is 35.4 Å². The lowest BCUT2D eigenvalue weighted by atomic mass is 9.92. The lowest BCUT2D eigenvalue weighted by Crippen LogP contribution is -2.29. The molecule has 1 saturated carbocycles. The van der Waals surface area contributed by atoms with Crippen molar-refractivity contribution in [3.63, 3.8) is 0 Å². The zero-order valence-electron chi connectivity index (χ0n) is 11.2. The molecule has 1 aliphatic rings. The first-order chi connectivity index (χ1) is 8.29. The highest BCUT2D eigenvalue weighted by atomic mass is 14.9. The van der Waals surface area contributed by atoms with Crippen LogP contribution in [0.4, 0.5) is 0 Å². The Balaban J connectivity index is 1.92. The van der Waals surface area contributed by atoms with Gasteiger partial charge in [-0.2, -0.15) is 0 Å². The van der Waals surface area contributed by atoms with Crippen LogP contribution in [0.3, 0.4) is 0 Å². The van der Waals surface area contributed by atoms with Gasteiger partial charge < -0.3 is 5.32 Å². The topological polar surface area (TPSA) is 12.0 Å². The first kappa shape index (κ1) is 12.6. The molecular weight excluding hydrogens is 206 g/mol. The average molecular weight is 231 g/mol. The molecule has 1 aromatic carbocycles. The monoisotopic (exact) mass is 231 g/mol. The maximum Gasteiger partial charge on any atom is 0.0107 e. The molecule has 0 saturated heterocycles. The largest absolute Gasteiger partial charge is 0.317 e. The molecular formula is C16H25N. The van der Waals surface area contributed by atoms with Gasteiger partial charge in [0.15, 0.2) is 0 Å². The molecule has 94 valence electrons. The molecule has 0 heterocycles. The smallest absolute Gasteiger partial charge is 0.0107 e. The highest BCUT2D eigenvalue weighted by Gasteiger charge is 2.19. The van der Waals surface area contributed by atoms with Crippen molar-refractivity contribution in [2.45, 2.75) is 51.5 Å². The summed E-state index contributed by atoms with van der Waals surface area (Å²) in [6.07, 6.45) is 8.33. The fourth-order valence-corrected chi connectivity index (χ4v) is 3.06. The normalized spacial score (nSPS) is 18.5. The lowest BCUT2D eigenvalue weighted by molar-refractivity contribution is 0.402. The summed E-state index contributed by atoms with van der Waals surface area (Å²) in [6, 6.07) is 9.43. The Kier molecular flexibility index (Phi) is 4.61. The number of hydrogen-bond donors (Lipinski definition) is 1. The zero-order chi connectivity index (χ0) is 12.1. The Labute approximate surface area is 106 Å². The predicted octanol–water partition coefficient (Wildman–Crippen LogP) is 3.71. The van der Waals surface area contributed by atoms with Crippen molar-refractivity contribution in [2.75, 3.05) is 7.05 Å². The van der Waals surface area contributed by atoms with Crippen LogP contribution in [-0.4, -0.2) is 13.1 Å². The van der Waals surface area contributed by atoms with Crippen LogP contribution in [0.2, 0.25) is 0 Å². The molecule has 17 heavy (non-hydrogen) atoms. The van der Waals surface area contributed by atoms with Crippen molar-refractivity contribution in [1.29, 1.82) is 0 Å². The molecule has 1 aliphatic carbocycles. The minimum Gasteiger partial charge on any atom is -0.317 e. The maximum absolute atomic E-state index is 3.50. The Hall–Kier alpha value is -0.820. The third kappa shape index (κ3) is 3.57. The summed E-state index contributed by atoms with van der Waals surface area (Å²) in [5.74, 6) is 0.969. The zero-order valence-corrected chi connectivity index (χ0v) is 11.2. The van der Waals surface area contributed by atoms with Gasteiger partial charge in [0.25, 0.3) is 0 Å². The molecule has 1 heteroatoms. The van der Waals surface area contributed by atoms with Crippen LogP contribution in [0, 0.1) is 12.8 Å². The van der Waals surface area contributed by atoms with Gasteiger partial charge in [-0.15, -0.1) is 0 Å². The second-order valence-corrected chi connectivity index (χ2v) is 5.50. The van der Waals surface area contributed by atoms with Crippen molar-refractivity contribution in [2.24, 2.45) is 5.92 Å². The van der Waals surface area contributed by atoms with Gasteiger partial charge in [0.2, 0.25) is 0 Å². The highest BCUT2D eigenvalue weighted by Crippen LogP contribution is 2.29. The molecule has 1 fully saturated rings. The minimum atomic E-state index is 0.652. The molecule has 1 unspecified atom stereocenters. The summed E-state index contributed by atoms with van der Waals surface area (Å²) in [4.78, 5) is 0. The third-order valence-corrected chi connectivity index (χ3v) is 4.23. The minimum absolute atomic E-state index is 0.652. The maximum atomic E-state index is 3.50. The van der Waals surface area contributed by atoms with E-state index in [2.05, 4.69) is 43.6 Å². The van der Waals surface area contributed by atoms with Gasteiger partial charge in [-0.05, 0) is 43.9 Å². The van der Waals surface area contributed by atoms with E-state index in [-0.39, 0.29) is 0 Å². The molecule has 0 radical (unpaired) electrons. The molecule has 1 nitrogen and oxygen atoms in total. The van der Waals surface area contributed by atoms with Crippen LogP contribution < -0.4 is 5.32 Å². The summed E-state index contributed by atoms with van der Waals surface area (Å²) in [5, 5.41) is 3.50. The van der Waals surface area contributed by atoms with Gasteiger partial charge in [-0.25, -0.2) is 0 Å². The molecule has 0 bridgehead atoms. The van der Waals surface area contributed by atoms with E-state index < -0.39 is 0 Å². The number of hydrogen-bond acceptors (Lipinski definition) is 1. The van der Waals surface area contributed by atoms with E-state index in [9.17, 15) is 0 Å². The van der Waals surface area contributed by atoms with Crippen LogP contribution in [0.15, 0.2) is 24.3 Å². The van der Waals surface area contributed by atoms with Crippen molar-refractivity contribution in [1.82, 2.24) is 5.32 Å². The molecule has 2 rings (SSSR count). The fourth-order valence-electron chi connectivity index (χ4n) is 3.06. The molecule has 1 aromatic rings. The van der Waals surface area contributed by atoms with Gasteiger partial charge in [0.1, 0.15) is 0 Å². The molecule has 0 amide bonds. The molecule has 0 aromatic heterocycles. The Bertz CT molecular complexity index is 339. The number of aryl methyl sites for hydroxylation is 1. The first-order valence-electron chi connectivity index (χ1n) is 7.01. The predicted molar refractivity (Wildman–Crippen MR) is 74.3 cm³/mol. The summed E-state index contributed by atoms with van der Waals surface area (Å²) in [6.45, 7) is 2.22. The summed E-state index contributed by atoms with van der Waals surface area (Å²) in [7, 11) is 2.11. The molecule has 1 N–H and O–H groups in total. The second-order valence-electron chi connectivity index (χ2n) is 5.50. The number of rotatable bonds is 5. The Morgan fingerprint density at radius 3 is 2.59 bits per heavy atom. The van der Waals surface area contributed by atoms with Crippen molar-refractivity contribution >= 4 is 0 Å². The van der Waals surface area contributed by atoms with Gasteiger partial charge in [-0.3, -0.25) is 0 Å². The van der Waals surface area contributed by atoms with Crippen LogP contribution in [0.5, 0.6) is 0 Å². The summed E-state index contributed by atoms with van der Waals surface area (Å²) >= 11 is 0. The second kappa shape index (κ2) is 6.20. The quantitative estimate of drug-likeness (QED) is 0.814.